The fourth-order valence-corrected chi connectivity index (χ4v) is 1.98. The Morgan fingerprint density at radius 3 is 1.77 bits per heavy atom. The lowest BCUT2D eigenvalue weighted by Gasteiger charge is -2.27. The first-order chi connectivity index (χ1) is 6.43. The summed E-state index contributed by atoms with van der Waals surface area (Å²) in [6.07, 6.45) is 2.81. The van der Waals surface area contributed by atoms with Crippen molar-refractivity contribution in [2.24, 2.45) is 0 Å². The minimum absolute atomic E-state index is 0.785. The summed E-state index contributed by atoms with van der Waals surface area (Å²) in [6, 6.07) is 9.29. The summed E-state index contributed by atoms with van der Waals surface area (Å²) in [5.74, 6) is 1.68. The molecule has 1 aromatic carbocycles. The van der Waals surface area contributed by atoms with E-state index in [1.54, 1.807) is 5.56 Å². The average Bonchev–Trinajstić information content (AvgIpc) is 2.85. The Balaban J connectivity index is 1.80. The predicted octanol–water partition coefficient (Wildman–Crippen LogP) is 2.25. The molecule has 0 aromatic heterocycles. The van der Waals surface area contributed by atoms with Gasteiger partial charge in [0, 0.05) is 19.0 Å². The summed E-state index contributed by atoms with van der Waals surface area (Å²) in [5, 5.41) is 3.31. The van der Waals surface area contributed by atoms with Crippen molar-refractivity contribution in [2.75, 3.05) is 13.1 Å². The molecule has 1 heteroatoms. The van der Waals surface area contributed by atoms with Crippen molar-refractivity contribution < 1.29 is 0 Å². The van der Waals surface area contributed by atoms with E-state index in [2.05, 4.69) is 29.6 Å². The van der Waals surface area contributed by atoms with Crippen LogP contribution in [0.3, 0.4) is 0 Å². The lowest BCUT2D eigenvalue weighted by Crippen LogP contribution is -2.39. The molecule has 1 saturated carbocycles. The van der Waals surface area contributed by atoms with E-state index in [-0.39, 0.29) is 0 Å². The van der Waals surface area contributed by atoms with Gasteiger partial charge in [-0.2, -0.15) is 0 Å². The van der Waals surface area contributed by atoms with Crippen LogP contribution in [-0.2, 0) is 0 Å². The molecule has 1 N–H and O–H groups in total. The third-order valence-corrected chi connectivity index (χ3v) is 3.24. The van der Waals surface area contributed by atoms with E-state index in [4.69, 9.17) is 0 Å². The van der Waals surface area contributed by atoms with Gasteiger partial charge in [-0.15, -0.1) is 0 Å². The van der Waals surface area contributed by atoms with Crippen LogP contribution in [0.15, 0.2) is 24.3 Å². The molecule has 3 rings (SSSR count). The highest BCUT2D eigenvalue weighted by atomic mass is 14.9. The summed E-state index contributed by atoms with van der Waals surface area (Å²) < 4.78 is 0. The van der Waals surface area contributed by atoms with E-state index in [0.29, 0.717) is 0 Å². The highest BCUT2D eigenvalue weighted by molar-refractivity contribution is 5.31. The van der Waals surface area contributed by atoms with Gasteiger partial charge < -0.3 is 5.32 Å². The standard InChI is InChI=1S/C12H15N/c1-2-9(1)10-3-5-11(6-4-10)12-7-13-8-12/h3-6,9,12-13H,1-2,7-8H2. The van der Waals surface area contributed by atoms with Gasteiger partial charge in [-0.1, -0.05) is 24.3 Å². The molecule has 68 valence electrons. The van der Waals surface area contributed by atoms with Crippen LogP contribution >= 0.6 is 0 Å². The van der Waals surface area contributed by atoms with Gasteiger partial charge in [-0.05, 0) is 29.9 Å². The number of benzene rings is 1. The third kappa shape index (κ3) is 1.37. The Morgan fingerprint density at radius 1 is 0.846 bits per heavy atom. The number of nitrogens with one attached hydrogen (secondary N) is 1. The minimum Gasteiger partial charge on any atom is -0.315 e. The third-order valence-electron chi connectivity index (χ3n) is 3.24. The molecule has 0 atom stereocenters. The lowest BCUT2D eigenvalue weighted by atomic mass is 9.92. The van der Waals surface area contributed by atoms with Gasteiger partial charge in [0.05, 0.1) is 0 Å². The smallest absolute Gasteiger partial charge is 0.00885 e. The molecule has 1 aliphatic carbocycles. The molecular weight excluding hydrogens is 158 g/mol. The van der Waals surface area contributed by atoms with Crippen LogP contribution in [0.1, 0.15) is 35.8 Å². The van der Waals surface area contributed by atoms with E-state index in [0.717, 1.165) is 11.8 Å². The summed E-state index contributed by atoms with van der Waals surface area (Å²) in [4.78, 5) is 0. The summed E-state index contributed by atoms with van der Waals surface area (Å²) in [5.41, 5.74) is 3.07. The quantitative estimate of drug-likeness (QED) is 0.723. The fourth-order valence-electron chi connectivity index (χ4n) is 1.98. The van der Waals surface area contributed by atoms with E-state index in [9.17, 15) is 0 Å². The molecule has 0 unspecified atom stereocenters. The maximum atomic E-state index is 3.31. The largest absolute Gasteiger partial charge is 0.315 e. The molecule has 2 fully saturated rings. The molecule has 0 radical (unpaired) electrons. The normalized spacial score (nSPS) is 22.8. The Morgan fingerprint density at radius 2 is 1.38 bits per heavy atom. The molecule has 2 aliphatic rings. The highest BCUT2D eigenvalue weighted by Crippen LogP contribution is 2.40. The van der Waals surface area contributed by atoms with Crippen molar-refractivity contribution in [3.8, 4) is 0 Å². The second-order valence-corrected chi connectivity index (χ2v) is 4.30. The van der Waals surface area contributed by atoms with Crippen LogP contribution < -0.4 is 5.32 Å². The van der Waals surface area contributed by atoms with Crippen LogP contribution in [0.5, 0.6) is 0 Å². The zero-order valence-corrected chi connectivity index (χ0v) is 7.79. The fraction of sp³-hybridized carbons (Fsp3) is 0.500. The zero-order valence-electron chi connectivity index (χ0n) is 7.79. The first-order valence-electron chi connectivity index (χ1n) is 5.24. The van der Waals surface area contributed by atoms with Gasteiger partial charge in [0.1, 0.15) is 0 Å². The molecule has 0 bridgehead atoms. The molecule has 0 amide bonds. The Hall–Kier alpha value is -0.820. The minimum atomic E-state index is 0.785. The van der Waals surface area contributed by atoms with E-state index < -0.39 is 0 Å². The van der Waals surface area contributed by atoms with Gasteiger partial charge in [0.2, 0.25) is 0 Å². The molecule has 1 aromatic rings. The summed E-state index contributed by atoms with van der Waals surface area (Å²) in [6.45, 7) is 2.34. The number of rotatable bonds is 2. The first-order valence-corrected chi connectivity index (χ1v) is 5.24. The summed E-state index contributed by atoms with van der Waals surface area (Å²) in [7, 11) is 0. The maximum absolute atomic E-state index is 3.31. The number of hydrogen-bond acceptors (Lipinski definition) is 1. The summed E-state index contributed by atoms with van der Waals surface area (Å²) >= 11 is 0. The lowest BCUT2D eigenvalue weighted by molar-refractivity contribution is 0.448. The predicted molar refractivity (Wildman–Crippen MR) is 54.0 cm³/mol. The average molecular weight is 173 g/mol. The van der Waals surface area contributed by atoms with Crippen LogP contribution in [0.4, 0.5) is 0 Å². The van der Waals surface area contributed by atoms with Crippen molar-refractivity contribution in [1.82, 2.24) is 5.32 Å². The van der Waals surface area contributed by atoms with Crippen LogP contribution in [0.25, 0.3) is 0 Å². The van der Waals surface area contributed by atoms with Crippen molar-refractivity contribution in [1.29, 1.82) is 0 Å². The Labute approximate surface area is 79.2 Å². The van der Waals surface area contributed by atoms with E-state index >= 15 is 0 Å². The SMILES string of the molecule is c1cc(C2CNC2)ccc1C1CC1. The zero-order chi connectivity index (χ0) is 8.67. The monoisotopic (exact) mass is 173 g/mol. The topological polar surface area (TPSA) is 12.0 Å². The molecule has 1 nitrogen and oxygen atoms in total. The van der Waals surface area contributed by atoms with E-state index in [1.807, 2.05) is 0 Å². The highest BCUT2D eigenvalue weighted by Gasteiger charge is 2.24. The van der Waals surface area contributed by atoms with Gasteiger partial charge in [-0.3, -0.25) is 0 Å². The molecule has 0 spiro atoms. The van der Waals surface area contributed by atoms with Crippen molar-refractivity contribution in [2.45, 2.75) is 24.7 Å². The molecule has 1 aliphatic heterocycles. The first kappa shape index (κ1) is 7.57. The van der Waals surface area contributed by atoms with Crippen molar-refractivity contribution in [3.05, 3.63) is 35.4 Å². The van der Waals surface area contributed by atoms with Crippen LogP contribution in [0, 0.1) is 0 Å². The van der Waals surface area contributed by atoms with E-state index in [1.165, 1.54) is 31.5 Å². The van der Waals surface area contributed by atoms with Crippen molar-refractivity contribution >= 4 is 0 Å². The van der Waals surface area contributed by atoms with Crippen LogP contribution in [-0.4, -0.2) is 13.1 Å². The maximum Gasteiger partial charge on any atom is 0.00885 e. The second-order valence-electron chi connectivity index (χ2n) is 4.30. The second kappa shape index (κ2) is 2.85. The van der Waals surface area contributed by atoms with Crippen LogP contribution in [0.2, 0.25) is 0 Å². The molecule has 1 saturated heterocycles. The molecular formula is C12H15N. The number of hydrogen-bond donors (Lipinski definition) is 1. The van der Waals surface area contributed by atoms with Gasteiger partial charge in [0.15, 0.2) is 0 Å². The Bertz CT molecular complexity index is 293. The Kier molecular flexibility index (Phi) is 1.66. The molecule has 1 heterocycles. The van der Waals surface area contributed by atoms with Gasteiger partial charge in [-0.25, -0.2) is 0 Å². The van der Waals surface area contributed by atoms with Gasteiger partial charge >= 0.3 is 0 Å². The van der Waals surface area contributed by atoms with Gasteiger partial charge in [0.25, 0.3) is 0 Å². The van der Waals surface area contributed by atoms with Crippen molar-refractivity contribution in [3.63, 3.8) is 0 Å². The molecule has 13 heavy (non-hydrogen) atoms.